The Bertz CT molecular complexity index is 705. The molecular weight excluding hydrogens is 337 g/mol. The predicted molar refractivity (Wildman–Crippen MR) is 94.7 cm³/mol. The summed E-state index contributed by atoms with van der Waals surface area (Å²) in [5.74, 6) is -0.185. The van der Waals surface area contributed by atoms with Crippen molar-refractivity contribution in [1.82, 2.24) is 9.80 Å². The number of carbonyl (C=O) groups is 2. The Kier molecular flexibility index (Phi) is 4.70. The predicted octanol–water partition coefficient (Wildman–Crippen LogP) is 2.48. The van der Waals surface area contributed by atoms with Crippen LogP contribution in [0.4, 0.5) is 14.9 Å². The van der Waals surface area contributed by atoms with Crippen LogP contribution in [0.3, 0.4) is 0 Å². The van der Waals surface area contributed by atoms with Crippen LogP contribution in [0.15, 0.2) is 18.2 Å². The number of fused-ring (bicyclic) bond motifs is 1. The second-order valence-corrected chi connectivity index (χ2v) is 7.21. The van der Waals surface area contributed by atoms with Gasteiger partial charge in [-0.15, -0.1) is 0 Å². The van der Waals surface area contributed by atoms with Crippen LogP contribution in [0, 0.1) is 11.7 Å². The zero-order valence-electron chi connectivity index (χ0n) is 14.8. The highest BCUT2D eigenvalue weighted by Crippen LogP contribution is 2.34. The third kappa shape index (κ3) is 3.22. The number of likely N-dealkylation sites (tertiary alicyclic amines) is 2. The zero-order chi connectivity index (χ0) is 18.1. The van der Waals surface area contributed by atoms with E-state index < -0.39 is 0 Å². The molecule has 140 valence electrons. The van der Waals surface area contributed by atoms with Gasteiger partial charge in [-0.2, -0.15) is 0 Å². The fraction of sp³-hybridized carbons (Fsp3) is 0.579. The van der Waals surface area contributed by atoms with E-state index in [4.69, 9.17) is 4.74 Å². The third-order valence-electron chi connectivity index (χ3n) is 5.47. The Labute approximate surface area is 152 Å². The van der Waals surface area contributed by atoms with Gasteiger partial charge in [-0.25, -0.2) is 9.18 Å². The summed E-state index contributed by atoms with van der Waals surface area (Å²) in [7, 11) is 0. The molecule has 2 saturated heterocycles. The van der Waals surface area contributed by atoms with E-state index in [0.717, 1.165) is 38.8 Å². The Morgan fingerprint density at radius 1 is 1.04 bits per heavy atom. The summed E-state index contributed by atoms with van der Waals surface area (Å²) < 4.78 is 18.9. The number of amides is 3. The van der Waals surface area contributed by atoms with Crippen LogP contribution in [0.5, 0.6) is 5.75 Å². The number of anilines is 1. The first-order valence-electron chi connectivity index (χ1n) is 9.41. The van der Waals surface area contributed by atoms with Gasteiger partial charge in [0.1, 0.15) is 18.2 Å². The van der Waals surface area contributed by atoms with Crippen LogP contribution in [0.1, 0.15) is 25.7 Å². The second-order valence-electron chi connectivity index (χ2n) is 7.21. The molecule has 0 aromatic heterocycles. The van der Waals surface area contributed by atoms with Gasteiger partial charge < -0.3 is 19.4 Å². The van der Waals surface area contributed by atoms with Crippen molar-refractivity contribution < 1.29 is 18.7 Å². The SMILES string of the molecule is O=C(N1CCCC1)N1CCCC(C(=O)N2CCOc3cc(F)ccc32)C1. The summed E-state index contributed by atoms with van der Waals surface area (Å²) in [5.41, 5.74) is 0.616. The van der Waals surface area contributed by atoms with Crippen molar-refractivity contribution in [3.63, 3.8) is 0 Å². The number of ether oxygens (including phenoxy) is 1. The summed E-state index contributed by atoms with van der Waals surface area (Å²) in [5, 5.41) is 0. The topological polar surface area (TPSA) is 53.1 Å². The molecule has 0 bridgehead atoms. The minimum atomic E-state index is -0.377. The summed E-state index contributed by atoms with van der Waals surface area (Å²) in [6.07, 6.45) is 3.72. The Morgan fingerprint density at radius 2 is 1.81 bits per heavy atom. The molecule has 7 heteroatoms. The molecule has 1 aromatic carbocycles. The van der Waals surface area contributed by atoms with Gasteiger partial charge in [0, 0.05) is 32.2 Å². The number of halogens is 1. The van der Waals surface area contributed by atoms with Gasteiger partial charge >= 0.3 is 6.03 Å². The molecule has 6 nitrogen and oxygen atoms in total. The van der Waals surface area contributed by atoms with Crippen molar-refractivity contribution in [3.05, 3.63) is 24.0 Å². The second kappa shape index (κ2) is 7.13. The average molecular weight is 361 g/mol. The van der Waals surface area contributed by atoms with Gasteiger partial charge in [-0.05, 0) is 37.8 Å². The highest BCUT2D eigenvalue weighted by Gasteiger charge is 2.35. The molecule has 0 N–H and O–H groups in total. The Balaban J connectivity index is 1.47. The van der Waals surface area contributed by atoms with Crippen molar-refractivity contribution in [1.29, 1.82) is 0 Å². The van der Waals surface area contributed by atoms with Crippen molar-refractivity contribution in [2.24, 2.45) is 5.92 Å². The van der Waals surface area contributed by atoms with E-state index in [0.29, 0.717) is 37.7 Å². The minimum Gasteiger partial charge on any atom is -0.489 e. The first kappa shape index (κ1) is 17.1. The van der Waals surface area contributed by atoms with Gasteiger partial charge in [0.15, 0.2) is 0 Å². The number of carbonyl (C=O) groups excluding carboxylic acids is 2. The monoisotopic (exact) mass is 361 g/mol. The fourth-order valence-corrected chi connectivity index (χ4v) is 4.10. The molecule has 0 spiro atoms. The van der Waals surface area contributed by atoms with Gasteiger partial charge in [0.05, 0.1) is 18.2 Å². The first-order chi connectivity index (χ1) is 12.6. The molecule has 3 heterocycles. The van der Waals surface area contributed by atoms with Crippen molar-refractivity contribution in [2.75, 3.05) is 44.2 Å². The first-order valence-corrected chi connectivity index (χ1v) is 9.41. The number of hydrogen-bond acceptors (Lipinski definition) is 3. The lowest BCUT2D eigenvalue weighted by Gasteiger charge is -2.38. The maximum Gasteiger partial charge on any atom is 0.320 e. The van der Waals surface area contributed by atoms with Gasteiger partial charge in [-0.3, -0.25) is 4.79 Å². The molecule has 1 aromatic rings. The highest BCUT2D eigenvalue weighted by molar-refractivity contribution is 5.97. The summed E-state index contributed by atoms with van der Waals surface area (Å²) in [6.45, 7) is 3.61. The molecule has 1 atom stereocenters. The molecule has 0 saturated carbocycles. The summed E-state index contributed by atoms with van der Waals surface area (Å²) in [6, 6.07) is 4.32. The number of hydrogen-bond donors (Lipinski definition) is 0. The normalized spacial score (nSPS) is 22.8. The zero-order valence-corrected chi connectivity index (χ0v) is 14.8. The number of urea groups is 1. The fourth-order valence-electron chi connectivity index (χ4n) is 4.10. The van der Waals surface area contributed by atoms with Crippen molar-refractivity contribution in [2.45, 2.75) is 25.7 Å². The number of rotatable bonds is 1. The molecule has 3 aliphatic rings. The van der Waals surface area contributed by atoms with E-state index in [-0.39, 0.29) is 23.7 Å². The standard InChI is InChI=1S/C19H24FN3O3/c20-15-5-6-16-17(12-15)26-11-10-23(16)18(24)14-4-3-9-22(13-14)19(25)21-7-1-2-8-21/h5-6,12,14H,1-4,7-11,13H2. The third-order valence-corrected chi connectivity index (χ3v) is 5.47. The Hall–Kier alpha value is -2.31. The molecule has 1 unspecified atom stereocenters. The molecule has 3 amide bonds. The molecule has 2 fully saturated rings. The molecular formula is C19H24FN3O3. The van der Waals surface area contributed by atoms with E-state index in [2.05, 4.69) is 0 Å². The molecule has 26 heavy (non-hydrogen) atoms. The van der Waals surface area contributed by atoms with Crippen molar-refractivity contribution in [3.8, 4) is 5.75 Å². The smallest absolute Gasteiger partial charge is 0.320 e. The molecule has 0 radical (unpaired) electrons. The Morgan fingerprint density at radius 3 is 2.62 bits per heavy atom. The van der Waals surface area contributed by atoms with Gasteiger partial charge in [0.2, 0.25) is 5.91 Å². The quantitative estimate of drug-likeness (QED) is 0.772. The van der Waals surface area contributed by atoms with Crippen LogP contribution >= 0.6 is 0 Å². The molecule has 3 aliphatic heterocycles. The summed E-state index contributed by atoms with van der Waals surface area (Å²) in [4.78, 5) is 31.2. The van der Waals surface area contributed by atoms with Gasteiger partial charge in [0.25, 0.3) is 0 Å². The molecule has 0 aliphatic carbocycles. The molecule has 4 rings (SSSR count). The average Bonchev–Trinajstić information content (AvgIpc) is 3.21. The number of piperidine rings is 1. The lowest BCUT2D eigenvalue weighted by Crippen LogP contribution is -2.51. The lowest BCUT2D eigenvalue weighted by atomic mass is 9.96. The van der Waals surface area contributed by atoms with Crippen LogP contribution < -0.4 is 9.64 Å². The lowest BCUT2D eigenvalue weighted by molar-refractivity contribution is -0.124. The van der Waals surface area contributed by atoms with E-state index in [1.807, 2.05) is 9.80 Å². The minimum absolute atomic E-state index is 0.0000742. The van der Waals surface area contributed by atoms with Crippen LogP contribution in [0.2, 0.25) is 0 Å². The van der Waals surface area contributed by atoms with E-state index in [1.54, 1.807) is 11.0 Å². The maximum atomic E-state index is 13.4. The maximum absolute atomic E-state index is 13.4. The summed E-state index contributed by atoms with van der Waals surface area (Å²) >= 11 is 0. The van der Waals surface area contributed by atoms with Gasteiger partial charge in [-0.1, -0.05) is 0 Å². The highest BCUT2D eigenvalue weighted by atomic mass is 19.1. The van der Waals surface area contributed by atoms with E-state index in [1.165, 1.54) is 12.1 Å². The largest absolute Gasteiger partial charge is 0.489 e. The number of nitrogens with zero attached hydrogens (tertiary/aromatic N) is 3. The van der Waals surface area contributed by atoms with Crippen molar-refractivity contribution >= 4 is 17.6 Å². The van der Waals surface area contributed by atoms with E-state index in [9.17, 15) is 14.0 Å². The van der Waals surface area contributed by atoms with E-state index >= 15 is 0 Å². The van der Waals surface area contributed by atoms with Crippen LogP contribution in [-0.2, 0) is 4.79 Å². The van der Waals surface area contributed by atoms with Crippen LogP contribution in [0.25, 0.3) is 0 Å². The number of benzene rings is 1. The van der Waals surface area contributed by atoms with Crippen LogP contribution in [-0.4, -0.2) is 61.1 Å².